The zero-order valence-corrected chi connectivity index (χ0v) is 11.5. The van der Waals surface area contributed by atoms with Crippen LogP contribution in [-0.2, 0) is 11.2 Å². The molecule has 0 unspecified atom stereocenters. The van der Waals surface area contributed by atoms with Crippen molar-refractivity contribution in [2.45, 2.75) is 39.5 Å². The summed E-state index contributed by atoms with van der Waals surface area (Å²) in [6, 6.07) is 3.99. The minimum absolute atomic E-state index is 0.100. The van der Waals surface area contributed by atoms with Gasteiger partial charge in [0.2, 0.25) is 0 Å². The molecule has 0 aliphatic heterocycles. The van der Waals surface area contributed by atoms with E-state index in [1.165, 1.54) is 4.88 Å². The predicted octanol–water partition coefficient (Wildman–Crippen LogP) is 3.38. The van der Waals surface area contributed by atoms with Gasteiger partial charge in [0.15, 0.2) is 0 Å². The van der Waals surface area contributed by atoms with Crippen molar-refractivity contribution in [1.82, 2.24) is 0 Å². The molecule has 0 radical (unpaired) electrons. The molecule has 5 heteroatoms. The number of nitrogens with zero attached hydrogens (tertiary/aromatic N) is 1. The Morgan fingerprint density at radius 2 is 2.11 bits per heavy atom. The predicted molar refractivity (Wildman–Crippen MR) is 72.7 cm³/mol. The zero-order chi connectivity index (χ0) is 13.5. The fraction of sp³-hybridized carbons (Fsp3) is 0.538. The first-order valence-corrected chi connectivity index (χ1v) is 6.86. The summed E-state index contributed by atoms with van der Waals surface area (Å²) in [4.78, 5) is 12.6. The zero-order valence-electron chi connectivity index (χ0n) is 10.7. The summed E-state index contributed by atoms with van der Waals surface area (Å²) in [6.07, 6.45) is 2.10. The summed E-state index contributed by atoms with van der Waals surface area (Å²) < 4.78 is 0. The molecule has 0 saturated heterocycles. The quantitative estimate of drug-likeness (QED) is 0.453. The van der Waals surface area contributed by atoms with Crippen LogP contribution < -0.4 is 0 Å². The summed E-state index contributed by atoms with van der Waals surface area (Å²) >= 11 is 1.61. The van der Waals surface area contributed by atoms with Gasteiger partial charge in [-0.05, 0) is 37.3 Å². The highest BCUT2D eigenvalue weighted by Crippen LogP contribution is 2.22. The second kappa shape index (κ2) is 7.16. The summed E-state index contributed by atoms with van der Waals surface area (Å²) in [5.74, 6) is -0.225. The number of hydrogen-bond donors (Lipinski definition) is 2. The summed E-state index contributed by atoms with van der Waals surface area (Å²) in [5, 5.41) is 20.8. The monoisotopic (exact) mass is 269 g/mol. The lowest BCUT2D eigenvalue weighted by atomic mass is 10.1. The number of rotatable bonds is 7. The minimum atomic E-state index is -0.820. The average Bonchev–Trinajstić information content (AvgIpc) is 2.71. The van der Waals surface area contributed by atoms with E-state index >= 15 is 0 Å². The Kier molecular flexibility index (Phi) is 5.85. The Bertz CT molecular complexity index is 424. The molecule has 0 aliphatic rings. The lowest BCUT2D eigenvalue weighted by Crippen LogP contribution is -2.01. The Balaban J connectivity index is 2.60. The molecule has 0 aromatic carbocycles. The van der Waals surface area contributed by atoms with Gasteiger partial charge in [0, 0.05) is 11.3 Å². The maximum Gasteiger partial charge on any atom is 0.303 e. The number of hydrogen-bond acceptors (Lipinski definition) is 4. The van der Waals surface area contributed by atoms with Crippen LogP contribution in [0.25, 0.3) is 0 Å². The maximum absolute atomic E-state index is 10.4. The highest BCUT2D eigenvalue weighted by Gasteiger charge is 2.10. The number of carboxylic acid groups (broad SMARTS) is 1. The van der Waals surface area contributed by atoms with Crippen molar-refractivity contribution in [2.75, 3.05) is 0 Å². The van der Waals surface area contributed by atoms with Gasteiger partial charge in [-0.25, -0.2) is 0 Å². The standard InChI is InChI=1S/C13H19NO3S/c1-9(2)8-10-6-7-12(18-10)11(14-17)4-3-5-13(15)16/h6-7,9,17H,3-5,8H2,1-2H3,(H,15,16)/b14-11-. The summed E-state index contributed by atoms with van der Waals surface area (Å²) in [5.41, 5.74) is 0.580. The van der Waals surface area contributed by atoms with Gasteiger partial charge in [0.25, 0.3) is 0 Å². The molecule has 0 saturated carbocycles. The Labute approximate surface area is 111 Å². The number of aliphatic carboxylic acids is 1. The van der Waals surface area contributed by atoms with Crippen molar-refractivity contribution in [1.29, 1.82) is 0 Å². The molecule has 4 nitrogen and oxygen atoms in total. The SMILES string of the molecule is CC(C)Cc1ccc(/C(CCCC(=O)O)=N\O)s1. The third kappa shape index (κ3) is 4.87. The normalized spacial score (nSPS) is 12.1. The van der Waals surface area contributed by atoms with E-state index in [1.807, 2.05) is 12.1 Å². The Morgan fingerprint density at radius 1 is 1.39 bits per heavy atom. The maximum atomic E-state index is 10.4. The smallest absolute Gasteiger partial charge is 0.303 e. The van der Waals surface area contributed by atoms with E-state index in [9.17, 15) is 4.79 Å². The van der Waals surface area contributed by atoms with Gasteiger partial charge in [-0.1, -0.05) is 19.0 Å². The fourth-order valence-electron chi connectivity index (χ4n) is 1.67. The minimum Gasteiger partial charge on any atom is -0.481 e. The molecule has 0 amide bonds. The van der Waals surface area contributed by atoms with Crippen LogP contribution in [-0.4, -0.2) is 22.0 Å². The summed E-state index contributed by atoms with van der Waals surface area (Å²) in [6.45, 7) is 4.32. The van der Waals surface area contributed by atoms with Gasteiger partial charge in [0.1, 0.15) is 0 Å². The molecule has 0 atom stereocenters. The van der Waals surface area contributed by atoms with E-state index in [1.54, 1.807) is 11.3 Å². The molecular weight excluding hydrogens is 250 g/mol. The van der Waals surface area contributed by atoms with E-state index < -0.39 is 5.97 Å². The van der Waals surface area contributed by atoms with Crippen molar-refractivity contribution in [3.05, 3.63) is 21.9 Å². The fourth-order valence-corrected chi connectivity index (χ4v) is 2.91. The molecule has 1 rings (SSSR count). The third-order valence-corrected chi connectivity index (χ3v) is 3.64. The van der Waals surface area contributed by atoms with Crippen LogP contribution >= 0.6 is 11.3 Å². The van der Waals surface area contributed by atoms with E-state index in [0.717, 1.165) is 11.3 Å². The van der Waals surface area contributed by atoms with E-state index in [4.69, 9.17) is 10.3 Å². The lowest BCUT2D eigenvalue weighted by Gasteiger charge is -2.01. The first-order valence-electron chi connectivity index (χ1n) is 6.04. The number of carbonyl (C=O) groups is 1. The second-order valence-corrected chi connectivity index (χ2v) is 5.83. The van der Waals surface area contributed by atoms with Crippen LogP contribution in [0.2, 0.25) is 0 Å². The van der Waals surface area contributed by atoms with Gasteiger partial charge in [0.05, 0.1) is 10.6 Å². The Hall–Kier alpha value is -1.36. The van der Waals surface area contributed by atoms with Crippen molar-refractivity contribution in [2.24, 2.45) is 11.1 Å². The van der Waals surface area contributed by atoms with E-state index in [2.05, 4.69) is 19.0 Å². The number of thiophene rings is 1. The molecule has 1 aromatic rings. The van der Waals surface area contributed by atoms with E-state index in [-0.39, 0.29) is 6.42 Å². The third-order valence-electron chi connectivity index (χ3n) is 2.48. The highest BCUT2D eigenvalue weighted by atomic mass is 32.1. The van der Waals surface area contributed by atoms with Gasteiger partial charge in [-0.3, -0.25) is 4.79 Å². The summed E-state index contributed by atoms with van der Waals surface area (Å²) in [7, 11) is 0. The molecule has 0 aliphatic carbocycles. The van der Waals surface area contributed by atoms with Crippen LogP contribution in [0.5, 0.6) is 0 Å². The molecule has 0 bridgehead atoms. The molecule has 2 N–H and O–H groups in total. The van der Waals surface area contributed by atoms with Crippen LogP contribution in [0.15, 0.2) is 17.3 Å². The largest absolute Gasteiger partial charge is 0.481 e. The molecule has 0 spiro atoms. The van der Waals surface area contributed by atoms with Crippen molar-refractivity contribution >= 4 is 23.0 Å². The van der Waals surface area contributed by atoms with Gasteiger partial charge in [-0.15, -0.1) is 11.3 Å². The molecular formula is C13H19NO3S. The van der Waals surface area contributed by atoms with Crippen LogP contribution in [0.4, 0.5) is 0 Å². The van der Waals surface area contributed by atoms with Gasteiger partial charge in [-0.2, -0.15) is 0 Å². The van der Waals surface area contributed by atoms with Crippen LogP contribution in [0, 0.1) is 5.92 Å². The topological polar surface area (TPSA) is 69.9 Å². The molecule has 18 heavy (non-hydrogen) atoms. The molecule has 0 fully saturated rings. The highest BCUT2D eigenvalue weighted by molar-refractivity contribution is 7.14. The lowest BCUT2D eigenvalue weighted by molar-refractivity contribution is -0.137. The first-order chi connectivity index (χ1) is 8.52. The Morgan fingerprint density at radius 3 is 2.67 bits per heavy atom. The van der Waals surface area contributed by atoms with Crippen molar-refractivity contribution in [3.8, 4) is 0 Å². The van der Waals surface area contributed by atoms with Gasteiger partial charge >= 0.3 is 5.97 Å². The molecule has 1 aromatic heterocycles. The van der Waals surface area contributed by atoms with E-state index in [0.29, 0.717) is 24.5 Å². The second-order valence-electron chi connectivity index (χ2n) is 4.66. The van der Waals surface area contributed by atoms with Gasteiger partial charge < -0.3 is 10.3 Å². The molecule has 100 valence electrons. The van der Waals surface area contributed by atoms with Crippen molar-refractivity contribution in [3.63, 3.8) is 0 Å². The number of oxime groups is 1. The molecule has 1 heterocycles. The number of carboxylic acids is 1. The average molecular weight is 269 g/mol. The van der Waals surface area contributed by atoms with Crippen LogP contribution in [0.3, 0.4) is 0 Å². The first kappa shape index (κ1) is 14.7. The van der Waals surface area contributed by atoms with Crippen LogP contribution in [0.1, 0.15) is 42.9 Å². The van der Waals surface area contributed by atoms with Crippen molar-refractivity contribution < 1.29 is 15.1 Å².